The third kappa shape index (κ3) is 4.78. The number of benzene rings is 2. The molecule has 0 unspecified atom stereocenters. The van der Waals surface area contributed by atoms with Crippen molar-refractivity contribution in [2.24, 2.45) is 0 Å². The van der Waals surface area contributed by atoms with Crippen molar-refractivity contribution in [2.75, 3.05) is 37.6 Å². The number of piperazine rings is 1. The first kappa shape index (κ1) is 19.9. The Balaban J connectivity index is 1.33. The van der Waals surface area contributed by atoms with E-state index in [2.05, 4.69) is 41.8 Å². The third-order valence-corrected chi connectivity index (χ3v) is 6.25. The number of hydrogen-bond acceptors (Lipinski definition) is 3. The molecule has 0 aromatic heterocycles. The number of carbonyl (C=O) groups is 1. The van der Waals surface area contributed by atoms with Gasteiger partial charge in [-0.3, -0.25) is 9.69 Å². The number of aryl methyl sites for hydroxylation is 1. The van der Waals surface area contributed by atoms with Gasteiger partial charge in [0.15, 0.2) is 0 Å². The molecule has 0 bridgehead atoms. The molecular weight excluding hydrogens is 365 g/mol. The summed E-state index contributed by atoms with van der Waals surface area (Å²) >= 11 is 0. The molecule has 4 rings (SSSR count). The van der Waals surface area contributed by atoms with E-state index >= 15 is 0 Å². The van der Waals surface area contributed by atoms with Crippen LogP contribution in [0.4, 0.5) is 10.1 Å². The summed E-state index contributed by atoms with van der Waals surface area (Å²) in [6.45, 7) is 8.75. The molecule has 1 saturated heterocycles. The lowest BCUT2D eigenvalue weighted by Crippen LogP contribution is -2.51. The predicted molar refractivity (Wildman–Crippen MR) is 115 cm³/mol. The Morgan fingerprint density at radius 1 is 1.03 bits per heavy atom. The molecule has 1 aliphatic heterocycles. The van der Waals surface area contributed by atoms with E-state index in [0.717, 1.165) is 44.6 Å². The molecule has 2 aromatic carbocycles. The summed E-state index contributed by atoms with van der Waals surface area (Å²) < 4.78 is 13.2. The van der Waals surface area contributed by atoms with Gasteiger partial charge >= 0.3 is 0 Å². The molecule has 1 saturated carbocycles. The van der Waals surface area contributed by atoms with Crippen molar-refractivity contribution < 1.29 is 9.18 Å². The molecular formula is C24H30FN3O. The quantitative estimate of drug-likeness (QED) is 0.745. The minimum Gasteiger partial charge on any atom is -0.368 e. The van der Waals surface area contributed by atoms with Crippen LogP contribution >= 0.6 is 0 Å². The lowest BCUT2D eigenvalue weighted by atomic mass is 10.1. The van der Waals surface area contributed by atoms with Gasteiger partial charge in [0.1, 0.15) is 5.82 Å². The van der Waals surface area contributed by atoms with E-state index in [4.69, 9.17) is 0 Å². The second-order valence-electron chi connectivity index (χ2n) is 8.35. The highest BCUT2D eigenvalue weighted by molar-refractivity contribution is 5.78. The highest BCUT2D eigenvalue weighted by Crippen LogP contribution is 2.29. The van der Waals surface area contributed by atoms with Crippen molar-refractivity contribution in [3.63, 3.8) is 0 Å². The summed E-state index contributed by atoms with van der Waals surface area (Å²) in [6.07, 6.45) is 2.30. The van der Waals surface area contributed by atoms with Crippen LogP contribution in [0.25, 0.3) is 0 Å². The van der Waals surface area contributed by atoms with Gasteiger partial charge < -0.3 is 9.80 Å². The van der Waals surface area contributed by atoms with Crippen molar-refractivity contribution >= 4 is 11.6 Å². The van der Waals surface area contributed by atoms with Gasteiger partial charge in [0, 0.05) is 44.5 Å². The minimum absolute atomic E-state index is 0.208. The minimum atomic E-state index is -0.218. The van der Waals surface area contributed by atoms with Crippen LogP contribution in [-0.2, 0) is 11.3 Å². The molecule has 4 nitrogen and oxygen atoms in total. The zero-order valence-corrected chi connectivity index (χ0v) is 17.4. The first-order valence-corrected chi connectivity index (χ1v) is 10.6. The van der Waals surface area contributed by atoms with E-state index in [1.807, 2.05) is 17.0 Å². The molecule has 5 heteroatoms. The van der Waals surface area contributed by atoms with E-state index < -0.39 is 0 Å². The standard InChI is InChI=1S/C24H30FN3O/c1-18-4-3-5-23(19(18)2)26-12-14-27(15-13-26)24(29)17-28(22-10-11-22)16-20-6-8-21(25)9-7-20/h3-9,22H,10-17H2,1-2H3. The van der Waals surface area contributed by atoms with Crippen molar-refractivity contribution in [3.8, 4) is 0 Å². The van der Waals surface area contributed by atoms with Crippen molar-refractivity contribution in [2.45, 2.75) is 39.3 Å². The number of amides is 1. The zero-order valence-electron chi connectivity index (χ0n) is 17.4. The van der Waals surface area contributed by atoms with Crippen LogP contribution in [0.1, 0.15) is 29.5 Å². The van der Waals surface area contributed by atoms with Crippen LogP contribution in [0.5, 0.6) is 0 Å². The normalized spacial score (nSPS) is 17.1. The van der Waals surface area contributed by atoms with Gasteiger partial charge in [-0.2, -0.15) is 0 Å². The Bertz CT molecular complexity index is 855. The maximum absolute atomic E-state index is 13.2. The Hall–Kier alpha value is -2.40. The Labute approximate surface area is 172 Å². The molecule has 154 valence electrons. The molecule has 2 aromatic rings. The van der Waals surface area contributed by atoms with Gasteiger partial charge in [-0.1, -0.05) is 24.3 Å². The van der Waals surface area contributed by atoms with Crippen LogP contribution in [0.2, 0.25) is 0 Å². The van der Waals surface area contributed by atoms with E-state index in [1.54, 1.807) is 0 Å². The second-order valence-corrected chi connectivity index (χ2v) is 8.35. The van der Waals surface area contributed by atoms with Gasteiger partial charge in [-0.05, 0) is 61.6 Å². The predicted octanol–water partition coefficient (Wildman–Crippen LogP) is 3.76. The van der Waals surface area contributed by atoms with Gasteiger partial charge in [-0.15, -0.1) is 0 Å². The average Bonchev–Trinajstić information content (AvgIpc) is 3.57. The smallest absolute Gasteiger partial charge is 0.236 e. The molecule has 1 aliphatic carbocycles. The first-order valence-electron chi connectivity index (χ1n) is 10.6. The number of rotatable bonds is 6. The summed E-state index contributed by atoms with van der Waals surface area (Å²) in [4.78, 5) is 19.6. The average molecular weight is 396 g/mol. The third-order valence-electron chi connectivity index (χ3n) is 6.25. The molecule has 2 fully saturated rings. The topological polar surface area (TPSA) is 26.8 Å². The van der Waals surface area contributed by atoms with Gasteiger partial charge in [-0.25, -0.2) is 4.39 Å². The van der Waals surface area contributed by atoms with Gasteiger partial charge in [0.2, 0.25) is 5.91 Å². The molecule has 29 heavy (non-hydrogen) atoms. The summed E-state index contributed by atoms with van der Waals surface area (Å²) in [5, 5.41) is 0. The van der Waals surface area contributed by atoms with E-state index in [1.165, 1.54) is 28.9 Å². The Kier molecular flexibility index (Phi) is 5.86. The summed E-state index contributed by atoms with van der Waals surface area (Å²) in [5.41, 5.74) is 4.98. The SMILES string of the molecule is Cc1cccc(N2CCN(C(=O)CN(Cc3ccc(F)cc3)C3CC3)CC2)c1C. The second kappa shape index (κ2) is 8.54. The molecule has 0 N–H and O–H groups in total. The highest BCUT2D eigenvalue weighted by atomic mass is 19.1. The van der Waals surface area contributed by atoms with Crippen LogP contribution < -0.4 is 4.90 Å². The highest BCUT2D eigenvalue weighted by Gasteiger charge is 2.32. The monoisotopic (exact) mass is 395 g/mol. The fraction of sp³-hybridized carbons (Fsp3) is 0.458. The van der Waals surface area contributed by atoms with Crippen LogP contribution in [-0.4, -0.2) is 54.5 Å². The van der Waals surface area contributed by atoms with E-state index in [0.29, 0.717) is 19.1 Å². The van der Waals surface area contributed by atoms with Crippen LogP contribution in [0, 0.1) is 19.7 Å². The molecule has 2 aliphatic rings. The Morgan fingerprint density at radius 2 is 1.72 bits per heavy atom. The molecule has 0 atom stereocenters. The van der Waals surface area contributed by atoms with E-state index in [9.17, 15) is 9.18 Å². The maximum Gasteiger partial charge on any atom is 0.236 e. The lowest BCUT2D eigenvalue weighted by Gasteiger charge is -2.38. The first-order chi connectivity index (χ1) is 14.0. The van der Waals surface area contributed by atoms with Crippen molar-refractivity contribution in [1.29, 1.82) is 0 Å². The van der Waals surface area contributed by atoms with Crippen molar-refractivity contribution in [3.05, 3.63) is 65.0 Å². The van der Waals surface area contributed by atoms with Gasteiger partial charge in [0.05, 0.1) is 6.54 Å². The summed E-state index contributed by atoms with van der Waals surface area (Å²) in [6, 6.07) is 13.5. The molecule has 0 radical (unpaired) electrons. The summed E-state index contributed by atoms with van der Waals surface area (Å²) in [7, 11) is 0. The molecule has 0 spiro atoms. The van der Waals surface area contributed by atoms with E-state index in [-0.39, 0.29) is 11.7 Å². The zero-order chi connectivity index (χ0) is 20.4. The fourth-order valence-corrected chi connectivity index (χ4v) is 4.13. The largest absolute Gasteiger partial charge is 0.368 e. The number of halogens is 1. The molecule has 1 heterocycles. The number of carbonyl (C=O) groups excluding carboxylic acids is 1. The molecule has 1 amide bonds. The number of anilines is 1. The fourth-order valence-electron chi connectivity index (χ4n) is 4.13. The van der Waals surface area contributed by atoms with Crippen molar-refractivity contribution in [1.82, 2.24) is 9.80 Å². The van der Waals surface area contributed by atoms with Gasteiger partial charge in [0.25, 0.3) is 0 Å². The lowest BCUT2D eigenvalue weighted by molar-refractivity contribution is -0.133. The maximum atomic E-state index is 13.2. The number of nitrogens with zero attached hydrogens (tertiary/aromatic N) is 3. The number of hydrogen-bond donors (Lipinski definition) is 0. The Morgan fingerprint density at radius 3 is 2.38 bits per heavy atom. The van der Waals surface area contributed by atoms with Crippen LogP contribution in [0.15, 0.2) is 42.5 Å². The summed E-state index contributed by atoms with van der Waals surface area (Å²) in [5.74, 6) is -0.0101. The van der Waals surface area contributed by atoms with Crippen LogP contribution in [0.3, 0.4) is 0 Å².